The Morgan fingerprint density at radius 3 is 2.42 bits per heavy atom. The smallest absolute Gasteiger partial charge is 0.306 e. The lowest BCUT2D eigenvalue weighted by Gasteiger charge is -2.08. The SMILES string of the molecule is CCCCCCOC(=O)CCCC(=O)OCc1c(F)cccc1Cl. The maximum absolute atomic E-state index is 13.5. The summed E-state index contributed by atoms with van der Waals surface area (Å²) < 4.78 is 23.6. The molecule has 0 aliphatic heterocycles. The van der Waals surface area contributed by atoms with E-state index in [4.69, 9.17) is 21.1 Å². The summed E-state index contributed by atoms with van der Waals surface area (Å²) in [4.78, 5) is 23.1. The predicted octanol–water partition coefficient (Wildman–Crippen LogP) is 4.82. The molecule has 0 saturated carbocycles. The first kappa shape index (κ1) is 20.4. The topological polar surface area (TPSA) is 52.6 Å². The molecule has 0 atom stereocenters. The average molecular weight is 359 g/mol. The van der Waals surface area contributed by atoms with Gasteiger partial charge in [0.05, 0.1) is 11.6 Å². The Morgan fingerprint density at radius 2 is 1.75 bits per heavy atom. The summed E-state index contributed by atoms with van der Waals surface area (Å²) in [5.74, 6) is -1.32. The zero-order chi connectivity index (χ0) is 17.8. The number of rotatable bonds is 11. The number of ether oxygens (including phenoxy) is 2. The van der Waals surface area contributed by atoms with Crippen molar-refractivity contribution in [2.45, 2.75) is 58.5 Å². The summed E-state index contributed by atoms with van der Waals surface area (Å²) in [6, 6.07) is 4.27. The van der Waals surface area contributed by atoms with Gasteiger partial charge in [-0.25, -0.2) is 4.39 Å². The van der Waals surface area contributed by atoms with Gasteiger partial charge in [-0.05, 0) is 25.0 Å². The molecule has 0 unspecified atom stereocenters. The molecule has 0 aliphatic rings. The van der Waals surface area contributed by atoms with Crippen LogP contribution in [0.1, 0.15) is 57.4 Å². The van der Waals surface area contributed by atoms with E-state index in [2.05, 4.69) is 6.92 Å². The van der Waals surface area contributed by atoms with E-state index in [0.29, 0.717) is 13.0 Å². The van der Waals surface area contributed by atoms with Crippen LogP contribution in [0.4, 0.5) is 4.39 Å². The Bertz CT molecular complexity index is 514. The quantitative estimate of drug-likeness (QED) is 0.420. The van der Waals surface area contributed by atoms with Crippen molar-refractivity contribution in [3.8, 4) is 0 Å². The molecular formula is C18H24ClFO4. The predicted molar refractivity (Wildman–Crippen MR) is 90.2 cm³/mol. The van der Waals surface area contributed by atoms with Crippen molar-refractivity contribution in [3.63, 3.8) is 0 Å². The molecular weight excluding hydrogens is 335 g/mol. The molecule has 4 nitrogen and oxygen atoms in total. The molecule has 0 bridgehead atoms. The Morgan fingerprint density at radius 1 is 1.04 bits per heavy atom. The number of carbonyl (C=O) groups is 2. The van der Waals surface area contributed by atoms with Crippen LogP contribution in [0.5, 0.6) is 0 Å². The molecule has 1 aromatic rings. The van der Waals surface area contributed by atoms with Crippen LogP contribution in [0, 0.1) is 5.82 Å². The molecule has 0 radical (unpaired) electrons. The fraction of sp³-hybridized carbons (Fsp3) is 0.556. The minimum atomic E-state index is -0.512. The van der Waals surface area contributed by atoms with Crippen molar-refractivity contribution in [2.24, 2.45) is 0 Å². The molecule has 0 N–H and O–H groups in total. The van der Waals surface area contributed by atoms with Crippen LogP contribution in [0.3, 0.4) is 0 Å². The van der Waals surface area contributed by atoms with E-state index in [0.717, 1.165) is 25.7 Å². The molecule has 134 valence electrons. The van der Waals surface area contributed by atoms with Crippen molar-refractivity contribution in [1.82, 2.24) is 0 Å². The summed E-state index contributed by atoms with van der Waals surface area (Å²) in [7, 11) is 0. The van der Waals surface area contributed by atoms with Crippen molar-refractivity contribution < 1.29 is 23.5 Å². The van der Waals surface area contributed by atoms with Crippen LogP contribution in [0.2, 0.25) is 5.02 Å². The minimum absolute atomic E-state index is 0.0804. The van der Waals surface area contributed by atoms with Gasteiger partial charge >= 0.3 is 11.9 Å². The van der Waals surface area contributed by atoms with E-state index in [1.165, 1.54) is 18.2 Å². The zero-order valence-corrected chi connectivity index (χ0v) is 14.7. The van der Waals surface area contributed by atoms with E-state index in [1.54, 1.807) is 0 Å². The van der Waals surface area contributed by atoms with Crippen LogP contribution < -0.4 is 0 Å². The maximum atomic E-state index is 13.5. The average Bonchev–Trinajstić information content (AvgIpc) is 2.54. The highest BCUT2D eigenvalue weighted by atomic mass is 35.5. The molecule has 0 spiro atoms. The Labute approximate surface area is 147 Å². The lowest BCUT2D eigenvalue weighted by atomic mass is 10.2. The lowest BCUT2D eigenvalue weighted by Crippen LogP contribution is -2.09. The minimum Gasteiger partial charge on any atom is -0.466 e. The van der Waals surface area contributed by atoms with Crippen LogP contribution >= 0.6 is 11.6 Å². The van der Waals surface area contributed by atoms with Gasteiger partial charge in [0.15, 0.2) is 0 Å². The summed E-state index contributed by atoms with van der Waals surface area (Å²) in [5.41, 5.74) is 0.152. The standard InChI is InChI=1S/C18H24ClFO4/c1-2-3-4-5-12-23-17(21)10-7-11-18(22)24-13-14-15(19)8-6-9-16(14)20/h6,8-9H,2-5,7,10-13H2,1H3. The number of hydrogen-bond donors (Lipinski definition) is 0. The third kappa shape index (κ3) is 8.29. The van der Waals surface area contributed by atoms with Crippen LogP contribution in [0.15, 0.2) is 18.2 Å². The van der Waals surface area contributed by atoms with E-state index in [-0.39, 0.29) is 36.0 Å². The molecule has 24 heavy (non-hydrogen) atoms. The first-order valence-electron chi connectivity index (χ1n) is 8.28. The number of esters is 2. The molecule has 0 amide bonds. The van der Waals surface area contributed by atoms with Crippen molar-refractivity contribution in [2.75, 3.05) is 6.61 Å². The highest BCUT2D eigenvalue weighted by molar-refractivity contribution is 6.31. The first-order valence-corrected chi connectivity index (χ1v) is 8.66. The number of unbranched alkanes of at least 4 members (excludes halogenated alkanes) is 3. The van der Waals surface area contributed by atoms with Gasteiger partial charge in [-0.2, -0.15) is 0 Å². The normalized spacial score (nSPS) is 10.5. The lowest BCUT2D eigenvalue weighted by molar-refractivity contribution is -0.146. The monoisotopic (exact) mass is 358 g/mol. The largest absolute Gasteiger partial charge is 0.466 e. The molecule has 0 aromatic heterocycles. The van der Waals surface area contributed by atoms with Gasteiger partial charge in [0, 0.05) is 18.4 Å². The Hall–Kier alpha value is -1.62. The number of carbonyl (C=O) groups excluding carboxylic acids is 2. The Kier molecular flexibility index (Phi) is 10.1. The summed E-state index contributed by atoms with van der Waals surface area (Å²) in [5, 5.41) is 0.217. The van der Waals surface area contributed by atoms with Crippen molar-refractivity contribution in [1.29, 1.82) is 0 Å². The van der Waals surface area contributed by atoms with Gasteiger partial charge < -0.3 is 9.47 Å². The van der Waals surface area contributed by atoms with Gasteiger partial charge in [0.2, 0.25) is 0 Å². The van der Waals surface area contributed by atoms with Crippen LogP contribution in [-0.2, 0) is 25.7 Å². The third-order valence-corrected chi connectivity index (χ3v) is 3.82. The molecule has 0 fully saturated rings. The second-order valence-electron chi connectivity index (χ2n) is 5.50. The fourth-order valence-corrected chi connectivity index (χ4v) is 2.28. The third-order valence-electron chi connectivity index (χ3n) is 3.46. The second-order valence-corrected chi connectivity index (χ2v) is 5.90. The number of halogens is 2. The van der Waals surface area contributed by atoms with Crippen molar-refractivity contribution >= 4 is 23.5 Å². The highest BCUT2D eigenvalue weighted by Crippen LogP contribution is 2.20. The van der Waals surface area contributed by atoms with Gasteiger partial charge in [-0.1, -0.05) is 43.9 Å². The van der Waals surface area contributed by atoms with Crippen LogP contribution in [-0.4, -0.2) is 18.5 Å². The highest BCUT2D eigenvalue weighted by Gasteiger charge is 2.11. The number of hydrogen-bond acceptors (Lipinski definition) is 4. The van der Waals surface area contributed by atoms with Gasteiger partial charge in [-0.3, -0.25) is 9.59 Å². The van der Waals surface area contributed by atoms with Gasteiger partial charge in [0.1, 0.15) is 12.4 Å². The molecule has 1 rings (SSSR count). The molecule has 0 heterocycles. The molecule has 0 aliphatic carbocycles. The number of benzene rings is 1. The van der Waals surface area contributed by atoms with Gasteiger partial charge in [0.25, 0.3) is 0 Å². The molecule has 1 aromatic carbocycles. The summed E-state index contributed by atoms with van der Waals surface area (Å²) in [6.07, 6.45) is 4.78. The first-order chi connectivity index (χ1) is 11.5. The van der Waals surface area contributed by atoms with E-state index >= 15 is 0 Å². The maximum Gasteiger partial charge on any atom is 0.306 e. The summed E-state index contributed by atoms with van der Waals surface area (Å²) in [6.45, 7) is 2.33. The van der Waals surface area contributed by atoms with E-state index in [9.17, 15) is 14.0 Å². The fourth-order valence-electron chi connectivity index (χ4n) is 2.06. The summed E-state index contributed by atoms with van der Waals surface area (Å²) >= 11 is 5.85. The zero-order valence-electron chi connectivity index (χ0n) is 14.0. The molecule has 0 saturated heterocycles. The van der Waals surface area contributed by atoms with Crippen LogP contribution in [0.25, 0.3) is 0 Å². The van der Waals surface area contributed by atoms with Gasteiger partial charge in [-0.15, -0.1) is 0 Å². The molecule has 6 heteroatoms. The van der Waals surface area contributed by atoms with E-state index in [1.807, 2.05) is 0 Å². The Balaban J connectivity index is 2.14. The van der Waals surface area contributed by atoms with E-state index < -0.39 is 11.8 Å². The van der Waals surface area contributed by atoms with Crippen molar-refractivity contribution in [3.05, 3.63) is 34.6 Å². The second kappa shape index (κ2) is 11.8.